The second-order valence-corrected chi connectivity index (χ2v) is 10.8. The van der Waals surface area contributed by atoms with Gasteiger partial charge in [-0.15, -0.1) is 0 Å². The first kappa shape index (κ1) is 28.2. The van der Waals surface area contributed by atoms with Crippen LogP contribution in [-0.4, -0.2) is 27.7 Å². The molecule has 1 heterocycles. The number of nitrogens with zero attached hydrogens (tertiary/aromatic N) is 1. The Morgan fingerprint density at radius 3 is 2.38 bits per heavy atom. The van der Waals surface area contributed by atoms with Gasteiger partial charge < -0.3 is 19.7 Å². The third-order valence-electron chi connectivity index (χ3n) is 7.33. The van der Waals surface area contributed by atoms with Crippen LogP contribution in [0.5, 0.6) is 5.75 Å². The zero-order valence-corrected chi connectivity index (χ0v) is 24.0. The van der Waals surface area contributed by atoms with E-state index in [2.05, 4.69) is 35.9 Å². The number of hydrogen-bond donors (Lipinski definition) is 2. The van der Waals surface area contributed by atoms with Crippen molar-refractivity contribution >= 4 is 34.4 Å². The number of amides is 1. The summed E-state index contributed by atoms with van der Waals surface area (Å²) in [4.78, 5) is 24.4. The average molecular weight is 547 g/mol. The molecular weight excluding hydrogens is 512 g/mol. The molecule has 7 heteroatoms. The number of aromatic nitrogens is 1. The highest BCUT2D eigenvalue weighted by atomic mass is 35.5. The van der Waals surface area contributed by atoms with Crippen molar-refractivity contribution in [2.45, 2.75) is 66.2 Å². The molecule has 0 saturated heterocycles. The Bertz CT molecular complexity index is 1540. The maximum Gasteiger partial charge on any atom is 0.344 e. The fraction of sp³-hybridized carbons (Fsp3) is 0.312. The molecule has 0 saturated carbocycles. The summed E-state index contributed by atoms with van der Waals surface area (Å²) in [6.07, 6.45) is -0.971. The van der Waals surface area contributed by atoms with Gasteiger partial charge in [0.15, 0.2) is 6.10 Å². The van der Waals surface area contributed by atoms with Gasteiger partial charge in [0, 0.05) is 33.7 Å². The lowest BCUT2D eigenvalue weighted by Gasteiger charge is -2.17. The molecule has 4 rings (SSSR count). The number of ether oxygens (including phenoxy) is 1. The lowest BCUT2D eigenvalue weighted by atomic mass is 9.98. The van der Waals surface area contributed by atoms with Crippen LogP contribution in [0.2, 0.25) is 5.02 Å². The summed E-state index contributed by atoms with van der Waals surface area (Å²) in [6, 6.07) is 19.1. The van der Waals surface area contributed by atoms with Crippen LogP contribution in [-0.2, 0) is 11.3 Å². The smallest absolute Gasteiger partial charge is 0.344 e. The van der Waals surface area contributed by atoms with Crippen molar-refractivity contribution in [1.82, 2.24) is 9.88 Å². The number of hydrogen-bond acceptors (Lipinski definition) is 3. The van der Waals surface area contributed by atoms with Gasteiger partial charge in [0.25, 0.3) is 5.91 Å². The molecule has 39 heavy (non-hydrogen) atoms. The van der Waals surface area contributed by atoms with Crippen LogP contribution in [0.3, 0.4) is 0 Å². The first-order chi connectivity index (χ1) is 18.5. The van der Waals surface area contributed by atoms with E-state index < -0.39 is 12.1 Å². The van der Waals surface area contributed by atoms with Crippen molar-refractivity contribution in [3.8, 4) is 5.75 Å². The summed E-state index contributed by atoms with van der Waals surface area (Å²) in [7, 11) is 0. The number of carboxylic acids is 1. The number of aryl methyl sites for hydroxylation is 1. The number of nitrogens with one attached hydrogen (secondary N) is 1. The second kappa shape index (κ2) is 11.5. The Balaban J connectivity index is 1.59. The van der Waals surface area contributed by atoms with E-state index in [1.807, 2.05) is 51.1 Å². The summed E-state index contributed by atoms with van der Waals surface area (Å²) in [5.41, 5.74) is 6.87. The highest BCUT2D eigenvalue weighted by Gasteiger charge is 2.18. The highest BCUT2D eigenvalue weighted by Crippen LogP contribution is 2.30. The number of carboxylic acid groups (broad SMARTS) is 1. The Morgan fingerprint density at radius 1 is 0.974 bits per heavy atom. The molecule has 0 aliphatic heterocycles. The van der Waals surface area contributed by atoms with Gasteiger partial charge >= 0.3 is 5.97 Å². The van der Waals surface area contributed by atoms with E-state index in [1.165, 1.54) is 12.5 Å². The lowest BCUT2D eigenvalue weighted by Crippen LogP contribution is -2.26. The van der Waals surface area contributed by atoms with Crippen LogP contribution in [0.1, 0.15) is 78.0 Å². The van der Waals surface area contributed by atoms with Crippen molar-refractivity contribution in [1.29, 1.82) is 0 Å². The Hall–Kier alpha value is -3.77. The predicted molar refractivity (Wildman–Crippen MR) is 156 cm³/mol. The molecule has 3 aromatic carbocycles. The molecule has 2 atom stereocenters. The van der Waals surface area contributed by atoms with Crippen molar-refractivity contribution < 1.29 is 19.4 Å². The largest absolute Gasteiger partial charge is 0.479 e. The Kier molecular flexibility index (Phi) is 8.36. The van der Waals surface area contributed by atoms with Gasteiger partial charge in [0.2, 0.25) is 0 Å². The topological polar surface area (TPSA) is 80.6 Å². The summed E-state index contributed by atoms with van der Waals surface area (Å²) in [5, 5.41) is 13.9. The fourth-order valence-corrected chi connectivity index (χ4v) is 4.89. The number of benzene rings is 3. The SMILES string of the molecule is Cc1c(C)n(Cc2cc(O[C@H](C)C(=O)O)ccc2Cl)c2ccc(C(=O)N[C@@H](C)c3cccc(C(C)C)c3)cc12. The monoisotopic (exact) mass is 546 g/mol. The van der Waals surface area contributed by atoms with Crippen molar-refractivity contribution in [3.05, 3.63) is 99.2 Å². The molecule has 4 aromatic rings. The minimum Gasteiger partial charge on any atom is -0.479 e. The van der Waals surface area contributed by atoms with Crippen LogP contribution in [0.4, 0.5) is 0 Å². The molecule has 0 aliphatic rings. The Morgan fingerprint density at radius 2 is 1.69 bits per heavy atom. The minimum atomic E-state index is -1.03. The zero-order chi connectivity index (χ0) is 28.4. The van der Waals surface area contributed by atoms with Crippen LogP contribution >= 0.6 is 11.6 Å². The second-order valence-electron chi connectivity index (χ2n) is 10.4. The fourth-order valence-electron chi connectivity index (χ4n) is 4.72. The van der Waals surface area contributed by atoms with Crippen molar-refractivity contribution in [2.75, 3.05) is 0 Å². The summed E-state index contributed by atoms with van der Waals surface area (Å²) < 4.78 is 7.69. The molecule has 0 bridgehead atoms. The number of halogens is 1. The van der Waals surface area contributed by atoms with E-state index >= 15 is 0 Å². The average Bonchev–Trinajstić information content (AvgIpc) is 3.14. The van der Waals surface area contributed by atoms with Crippen molar-refractivity contribution in [2.24, 2.45) is 0 Å². The molecule has 0 aliphatic carbocycles. The van der Waals surface area contributed by atoms with E-state index in [0.29, 0.717) is 28.8 Å². The molecule has 0 radical (unpaired) electrons. The van der Waals surface area contributed by atoms with E-state index in [1.54, 1.807) is 18.2 Å². The van der Waals surface area contributed by atoms with Crippen LogP contribution < -0.4 is 10.1 Å². The third kappa shape index (κ3) is 6.12. The first-order valence-corrected chi connectivity index (χ1v) is 13.5. The van der Waals surface area contributed by atoms with E-state index in [0.717, 1.165) is 33.3 Å². The number of fused-ring (bicyclic) bond motifs is 1. The van der Waals surface area contributed by atoms with E-state index in [-0.39, 0.29) is 11.9 Å². The van der Waals surface area contributed by atoms with Crippen molar-refractivity contribution in [3.63, 3.8) is 0 Å². The summed E-state index contributed by atoms with van der Waals surface area (Å²) in [6.45, 7) is 12.4. The van der Waals surface area contributed by atoms with Gasteiger partial charge in [-0.25, -0.2) is 4.79 Å². The van der Waals surface area contributed by atoms with Crippen LogP contribution in [0.15, 0.2) is 60.7 Å². The molecule has 6 nitrogen and oxygen atoms in total. The van der Waals surface area contributed by atoms with Gasteiger partial charge in [0.1, 0.15) is 5.75 Å². The molecular formula is C32H35ClN2O4. The molecule has 0 fully saturated rings. The van der Waals surface area contributed by atoms with Crippen LogP contribution in [0.25, 0.3) is 10.9 Å². The molecule has 1 amide bonds. The predicted octanol–water partition coefficient (Wildman–Crippen LogP) is 7.43. The normalized spacial score (nSPS) is 12.9. The van der Waals surface area contributed by atoms with E-state index in [9.17, 15) is 14.7 Å². The third-order valence-corrected chi connectivity index (χ3v) is 7.70. The first-order valence-electron chi connectivity index (χ1n) is 13.1. The standard InChI is InChI=1S/C32H35ClN2O4/c1-18(2)23-8-7-9-24(14-23)20(4)34-31(36)25-10-13-30-28(16-25)19(3)21(5)35(30)17-26-15-27(11-12-29(26)33)39-22(6)32(37)38/h7-16,18,20,22H,17H2,1-6H3,(H,34,36)(H,37,38)/t20-,22+/m0/s1. The molecule has 204 valence electrons. The Labute approximate surface area is 234 Å². The zero-order valence-electron chi connectivity index (χ0n) is 23.2. The maximum atomic E-state index is 13.2. The summed E-state index contributed by atoms with van der Waals surface area (Å²) in [5.74, 6) is -0.289. The van der Waals surface area contributed by atoms with Gasteiger partial charge in [-0.3, -0.25) is 4.79 Å². The number of aliphatic carboxylic acids is 1. The van der Waals surface area contributed by atoms with Gasteiger partial charge in [-0.05, 0) is 92.3 Å². The molecule has 0 unspecified atom stereocenters. The number of carbonyl (C=O) groups excluding carboxylic acids is 1. The van der Waals surface area contributed by atoms with Gasteiger partial charge in [-0.2, -0.15) is 0 Å². The summed E-state index contributed by atoms with van der Waals surface area (Å²) >= 11 is 6.51. The lowest BCUT2D eigenvalue weighted by molar-refractivity contribution is -0.144. The van der Waals surface area contributed by atoms with Gasteiger partial charge in [0.05, 0.1) is 6.04 Å². The molecule has 1 aromatic heterocycles. The number of carbonyl (C=O) groups is 2. The van der Waals surface area contributed by atoms with Crippen LogP contribution in [0, 0.1) is 13.8 Å². The number of rotatable bonds is 9. The molecule has 0 spiro atoms. The molecule has 2 N–H and O–H groups in total. The van der Waals surface area contributed by atoms with Gasteiger partial charge in [-0.1, -0.05) is 49.7 Å². The maximum absolute atomic E-state index is 13.2. The van der Waals surface area contributed by atoms with E-state index in [4.69, 9.17) is 16.3 Å². The highest BCUT2D eigenvalue weighted by molar-refractivity contribution is 6.31. The quantitative estimate of drug-likeness (QED) is 0.229. The minimum absolute atomic E-state index is 0.121.